The molecule has 0 aromatic carbocycles. The van der Waals surface area contributed by atoms with Crippen LogP contribution in [-0.2, 0) is 7.05 Å². The molecular formula is C17H15N7O2S. The maximum Gasteiger partial charge on any atom is 0.265 e. The van der Waals surface area contributed by atoms with Crippen molar-refractivity contribution in [3.8, 4) is 11.3 Å². The molecule has 4 heterocycles. The van der Waals surface area contributed by atoms with Gasteiger partial charge in [0.2, 0.25) is 0 Å². The minimum absolute atomic E-state index is 0.301. The van der Waals surface area contributed by atoms with Crippen LogP contribution in [0, 0.1) is 6.92 Å². The Morgan fingerprint density at radius 3 is 2.89 bits per heavy atom. The Labute approximate surface area is 157 Å². The van der Waals surface area contributed by atoms with Gasteiger partial charge in [-0.15, -0.1) is 11.3 Å². The molecule has 27 heavy (non-hydrogen) atoms. The Kier molecular flexibility index (Phi) is 3.96. The van der Waals surface area contributed by atoms with Crippen molar-refractivity contribution in [2.24, 2.45) is 12.8 Å². The number of rotatable bonds is 4. The molecule has 0 saturated carbocycles. The molecule has 2 amide bonds. The molecular weight excluding hydrogens is 366 g/mol. The van der Waals surface area contributed by atoms with Gasteiger partial charge in [-0.1, -0.05) is 0 Å². The number of aromatic nitrogens is 5. The predicted molar refractivity (Wildman–Crippen MR) is 102 cm³/mol. The number of fused-ring (bicyclic) bond motifs is 1. The van der Waals surface area contributed by atoms with Crippen LogP contribution in [0.2, 0.25) is 0 Å². The lowest BCUT2D eigenvalue weighted by Crippen LogP contribution is -2.12. The van der Waals surface area contributed by atoms with Crippen LogP contribution in [0.15, 0.2) is 29.9 Å². The van der Waals surface area contributed by atoms with Crippen LogP contribution in [0.25, 0.3) is 22.3 Å². The molecule has 0 saturated heterocycles. The molecule has 4 N–H and O–H groups in total. The lowest BCUT2D eigenvalue weighted by Gasteiger charge is -2.02. The number of aryl methyl sites for hydroxylation is 2. The first-order valence-corrected chi connectivity index (χ1v) is 8.85. The smallest absolute Gasteiger partial charge is 0.265 e. The van der Waals surface area contributed by atoms with Crippen molar-refractivity contribution in [2.75, 3.05) is 5.32 Å². The van der Waals surface area contributed by atoms with Crippen LogP contribution < -0.4 is 11.1 Å². The van der Waals surface area contributed by atoms with E-state index in [1.54, 1.807) is 28.4 Å². The zero-order chi connectivity index (χ0) is 19.1. The minimum atomic E-state index is -0.543. The molecule has 4 aromatic rings. The Morgan fingerprint density at radius 2 is 2.15 bits per heavy atom. The van der Waals surface area contributed by atoms with Crippen molar-refractivity contribution in [3.05, 3.63) is 46.9 Å². The van der Waals surface area contributed by atoms with Gasteiger partial charge in [-0.05, 0) is 19.1 Å². The van der Waals surface area contributed by atoms with Crippen molar-refractivity contribution >= 4 is 39.3 Å². The van der Waals surface area contributed by atoms with E-state index in [2.05, 4.69) is 25.4 Å². The number of nitrogens with two attached hydrogens (primary N) is 1. The third-order valence-corrected chi connectivity index (χ3v) is 4.85. The number of anilines is 1. The van der Waals surface area contributed by atoms with Crippen LogP contribution in [0.5, 0.6) is 0 Å². The predicted octanol–water partition coefficient (Wildman–Crippen LogP) is 2.08. The topological polar surface area (TPSA) is 132 Å². The van der Waals surface area contributed by atoms with Crippen molar-refractivity contribution in [2.45, 2.75) is 6.92 Å². The number of amides is 2. The van der Waals surface area contributed by atoms with Crippen molar-refractivity contribution in [3.63, 3.8) is 0 Å². The lowest BCUT2D eigenvalue weighted by molar-refractivity contribution is 0.0994. The van der Waals surface area contributed by atoms with E-state index in [1.165, 1.54) is 17.5 Å². The van der Waals surface area contributed by atoms with E-state index < -0.39 is 5.91 Å². The van der Waals surface area contributed by atoms with E-state index in [-0.39, 0.29) is 5.91 Å². The molecule has 0 aliphatic heterocycles. The quantitative estimate of drug-likeness (QED) is 0.498. The number of primary amides is 1. The molecule has 4 aromatic heterocycles. The Bertz CT molecular complexity index is 1190. The molecule has 0 unspecified atom stereocenters. The highest BCUT2D eigenvalue weighted by Gasteiger charge is 2.14. The highest BCUT2D eigenvalue weighted by molar-refractivity contribution is 7.14. The fraction of sp³-hybridized carbons (Fsp3) is 0.118. The Hall–Kier alpha value is -3.53. The Balaban J connectivity index is 1.55. The van der Waals surface area contributed by atoms with Gasteiger partial charge in [-0.2, -0.15) is 5.10 Å². The second kappa shape index (κ2) is 6.32. The first kappa shape index (κ1) is 16.9. The number of hydrogen-bond acceptors (Lipinski definition) is 6. The van der Waals surface area contributed by atoms with E-state index in [4.69, 9.17) is 5.73 Å². The summed E-state index contributed by atoms with van der Waals surface area (Å²) in [4.78, 5) is 35.2. The second-order valence-corrected chi connectivity index (χ2v) is 6.82. The summed E-state index contributed by atoms with van der Waals surface area (Å²) in [5.74, 6) is -0.848. The monoisotopic (exact) mass is 381 g/mol. The highest BCUT2D eigenvalue weighted by Crippen LogP contribution is 2.26. The van der Waals surface area contributed by atoms with Crippen LogP contribution in [0.3, 0.4) is 0 Å². The largest absolute Gasteiger partial charge is 0.364 e. The number of pyridine rings is 1. The summed E-state index contributed by atoms with van der Waals surface area (Å²) in [7, 11) is 1.81. The third-order valence-electron chi connectivity index (χ3n) is 4.09. The summed E-state index contributed by atoms with van der Waals surface area (Å²) < 4.78 is 1.68. The number of carbonyl (C=O) groups excluding carboxylic acids is 2. The van der Waals surface area contributed by atoms with Gasteiger partial charge < -0.3 is 10.7 Å². The normalized spacial score (nSPS) is 11.0. The van der Waals surface area contributed by atoms with Gasteiger partial charge in [-0.25, -0.2) is 9.97 Å². The van der Waals surface area contributed by atoms with Crippen molar-refractivity contribution < 1.29 is 9.59 Å². The molecule has 0 aliphatic carbocycles. The van der Waals surface area contributed by atoms with Crippen molar-refractivity contribution in [1.82, 2.24) is 24.7 Å². The number of aromatic amines is 1. The van der Waals surface area contributed by atoms with Gasteiger partial charge >= 0.3 is 0 Å². The molecule has 9 nitrogen and oxygen atoms in total. The zero-order valence-corrected chi connectivity index (χ0v) is 15.3. The van der Waals surface area contributed by atoms with Crippen LogP contribution in [0.1, 0.15) is 26.5 Å². The lowest BCUT2D eigenvalue weighted by atomic mass is 10.2. The second-order valence-electron chi connectivity index (χ2n) is 5.96. The maximum atomic E-state index is 12.5. The van der Waals surface area contributed by atoms with Gasteiger partial charge in [0.15, 0.2) is 10.8 Å². The number of nitrogens with one attached hydrogen (secondary N) is 2. The number of nitrogens with zero attached hydrogens (tertiary/aromatic N) is 4. The van der Waals surface area contributed by atoms with E-state index >= 15 is 0 Å². The average molecular weight is 381 g/mol. The molecule has 0 spiro atoms. The maximum absolute atomic E-state index is 12.5. The highest BCUT2D eigenvalue weighted by atomic mass is 32.1. The van der Waals surface area contributed by atoms with E-state index in [0.717, 1.165) is 22.3 Å². The minimum Gasteiger partial charge on any atom is -0.364 e. The average Bonchev–Trinajstić information content (AvgIpc) is 3.35. The molecule has 10 heteroatoms. The van der Waals surface area contributed by atoms with Gasteiger partial charge in [0.1, 0.15) is 5.69 Å². The number of thiazole rings is 1. The molecule has 4 rings (SSSR count). The van der Waals surface area contributed by atoms with Gasteiger partial charge in [-0.3, -0.25) is 19.6 Å². The molecule has 136 valence electrons. The van der Waals surface area contributed by atoms with Crippen LogP contribution >= 0.6 is 11.3 Å². The third kappa shape index (κ3) is 3.06. The van der Waals surface area contributed by atoms with Gasteiger partial charge in [0.25, 0.3) is 11.8 Å². The SMILES string of the molecule is Cc1nn(C)c2ncc(C(=O)Nc3nc(-c4c[nH]c(C(N)=O)c4)cs3)cc12. The summed E-state index contributed by atoms with van der Waals surface area (Å²) in [6, 6.07) is 3.38. The number of carbonyl (C=O) groups is 2. The summed E-state index contributed by atoms with van der Waals surface area (Å²) in [5.41, 5.74) is 8.84. The molecule has 0 bridgehead atoms. The Morgan fingerprint density at radius 1 is 1.33 bits per heavy atom. The fourth-order valence-electron chi connectivity index (χ4n) is 2.75. The summed E-state index contributed by atoms with van der Waals surface area (Å²) in [6.07, 6.45) is 3.16. The van der Waals surface area contributed by atoms with Gasteiger partial charge in [0, 0.05) is 35.8 Å². The van der Waals surface area contributed by atoms with Crippen LogP contribution in [0.4, 0.5) is 5.13 Å². The number of H-pyrrole nitrogens is 1. The summed E-state index contributed by atoms with van der Waals surface area (Å²) >= 11 is 1.29. The van der Waals surface area contributed by atoms with E-state index in [9.17, 15) is 9.59 Å². The first-order valence-electron chi connectivity index (χ1n) is 7.97. The fourth-order valence-corrected chi connectivity index (χ4v) is 3.46. The first-order chi connectivity index (χ1) is 12.9. The van der Waals surface area contributed by atoms with Crippen molar-refractivity contribution in [1.29, 1.82) is 0 Å². The molecule has 0 aliphatic rings. The van der Waals surface area contributed by atoms with E-state index in [1.807, 2.05) is 14.0 Å². The summed E-state index contributed by atoms with van der Waals surface area (Å²) in [6.45, 7) is 1.87. The van der Waals surface area contributed by atoms with Gasteiger partial charge in [0.05, 0.1) is 17.0 Å². The van der Waals surface area contributed by atoms with Crippen LogP contribution in [-0.4, -0.2) is 36.5 Å². The molecule has 0 radical (unpaired) electrons. The standard InChI is InChI=1S/C17H15N7O2S/c1-8-11-3-10(6-20-15(11)24(2)23-8)16(26)22-17-21-13(7-27-17)9-4-12(14(18)25)19-5-9/h3-7,19H,1-2H3,(H2,18,25)(H,21,22,26). The summed E-state index contributed by atoms with van der Waals surface area (Å²) in [5, 5.41) is 10.1. The molecule has 0 fully saturated rings. The molecule has 0 atom stereocenters. The number of hydrogen-bond donors (Lipinski definition) is 3. The van der Waals surface area contributed by atoms with E-state index in [0.29, 0.717) is 22.1 Å². The zero-order valence-electron chi connectivity index (χ0n) is 14.5.